The first-order valence-electron chi connectivity index (χ1n) is 7.12. The van der Waals surface area contributed by atoms with Crippen LogP contribution in [0.15, 0.2) is 30.7 Å². The minimum atomic E-state index is -2.98. The van der Waals surface area contributed by atoms with E-state index in [1.165, 1.54) is 19.4 Å². The van der Waals surface area contributed by atoms with E-state index in [0.717, 1.165) is 0 Å². The molecule has 130 valence electrons. The van der Waals surface area contributed by atoms with Gasteiger partial charge in [-0.1, -0.05) is 6.07 Å². The zero-order valence-corrected chi connectivity index (χ0v) is 12.9. The average Bonchev–Trinajstić information content (AvgIpc) is 3.16. The van der Waals surface area contributed by atoms with E-state index in [2.05, 4.69) is 35.6 Å². The molecule has 2 atom stereocenters. The van der Waals surface area contributed by atoms with E-state index < -0.39 is 18.4 Å². The molecule has 2 N–H and O–H groups in total. The first-order chi connectivity index (χ1) is 12.1. The van der Waals surface area contributed by atoms with Gasteiger partial charge in [-0.3, -0.25) is 4.98 Å². The Morgan fingerprint density at radius 2 is 1.80 bits per heavy atom. The quantitative estimate of drug-likeness (QED) is 0.670. The summed E-state index contributed by atoms with van der Waals surface area (Å²) in [6.07, 6.45) is -0.415. The molecule has 9 nitrogen and oxygen atoms in total. The first kappa shape index (κ1) is 16.8. The Labute approximate surface area is 140 Å². The van der Waals surface area contributed by atoms with Crippen LogP contribution in [0.25, 0.3) is 11.1 Å². The molecular formula is C14H13F2N7O2. The van der Waals surface area contributed by atoms with Crippen LogP contribution in [0.4, 0.5) is 8.78 Å². The number of rotatable bonds is 6. The number of nitrogens with zero attached hydrogens (tertiary/aromatic N) is 6. The van der Waals surface area contributed by atoms with Gasteiger partial charge in [0, 0.05) is 29.7 Å². The molecule has 0 saturated heterocycles. The maximum Gasteiger partial charge on any atom is 0.316 e. The molecule has 0 fully saturated rings. The van der Waals surface area contributed by atoms with Gasteiger partial charge in [-0.15, -0.1) is 5.10 Å². The lowest BCUT2D eigenvalue weighted by Crippen LogP contribution is -2.28. The van der Waals surface area contributed by atoms with Crippen LogP contribution in [0.2, 0.25) is 0 Å². The number of aliphatic hydroxyl groups excluding tert-OH is 1. The third-order valence-electron chi connectivity index (χ3n) is 3.51. The Morgan fingerprint density at radius 3 is 2.32 bits per heavy atom. The van der Waals surface area contributed by atoms with Crippen molar-refractivity contribution in [1.82, 2.24) is 35.6 Å². The standard InChI is InChI=1S/C14H13F2N7O2/c1-25-14-18-5-8(6-19-14)7-2-3-9(17-4-7)10(11(24)12(15)16)13-20-22-23-21-13/h2-6,10-12,24H,1H3,(H,20,21,22,23). The second kappa shape index (κ2) is 7.21. The molecule has 11 heteroatoms. The topological polar surface area (TPSA) is 123 Å². The molecular weight excluding hydrogens is 336 g/mol. The second-order valence-electron chi connectivity index (χ2n) is 5.02. The lowest BCUT2D eigenvalue weighted by Gasteiger charge is -2.19. The maximum atomic E-state index is 13.0. The fraction of sp³-hybridized carbons (Fsp3) is 0.286. The molecule has 0 aliphatic carbocycles. The second-order valence-corrected chi connectivity index (χ2v) is 5.02. The summed E-state index contributed by atoms with van der Waals surface area (Å²) in [4.78, 5) is 12.1. The third kappa shape index (κ3) is 3.55. The summed E-state index contributed by atoms with van der Waals surface area (Å²) in [5.41, 5.74) is 1.55. The van der Waals surface area contributed by atoms with Crippen molar-refractivity contribution in [2.45, 2.75) is 18.4 Å². The van der Waals surface area contributed by atoms with Crippen molar-refractivity contribution >= 4 is 0 Å². The number of pyridine rings is 1. The Morgan fingerprint density at radius 1 is 1.08 bits per heavy atom. The van der Waals surface area contributed by atoms with Gasteiger partial charge in [-0.2, -0.15) is 0 Å². The molecule has 0 spiro atoms. The van der Waals surface area contributed by atoms with Crippen LogP contribution in [0.1, 0.15) is 17.4 Å². The number of hydrogen-bond donors (Lipinski definition) is 2. The Balaban J connectivity index is 1.90. The number of aromatic amines is 1. The molecule has 3 aromatic heterocycles. The molecule has 0 saturated carbocycles. The zero-order valence-electron chi connectivity index (χ0n) is 12.9. The minimum Gasteiger partial charge on any atom is -0.467 e. The average molecular weight is 349 g/mol. The molecule has 0 aliphatic rings. The molecule has 2 unspecified atom stereocenters. The molecule has 3 heterocycles. The molecule has 3 aromatic rings. The van der Waals surface area contributed by atoms with Gasteiger partial charge in [-0.25, -0.2) is 23.8 Å². The highest BCUT2D eigenvalue weighted by atomic mass is 19.3. The number of tetrazole rings is 1. The highest BCUT2D eigenvalue weighted by Crippen LogP contribution is 2.28. The third-order valence-corrected chi connectivity index (χ3v) is 3.51. The largest absolute Gasteiger partial charge is 0.467 e. The van der Waals surface area contributed by atoms with E-state index in [4.69, 9.17) is 4.74 Å². The SMILES string of the molecule is COc1ncc(-c2ccc(C(c3nnn[nH]3)C(O)C(F)F)nc2)cn1. The fourth-order valence-electron chi connectivity index (χ4n) is 2.25. The van der Waals surface area contributed by atoms with E-state index in [1.54, 1.807) is 18.5 Å². The molecule has 3 rings (SSSR count). The monoisotopic (exact) mass is 349 g/mol. The van der Waals surface area contributed by atoms with Crippen LogP contribution in [0, 0.1) is 0 Å². The van der Waals surface area contributed by atoms with Crippen molar-refractivity contribution in [3.8, 4) is 17.1 Å². The Kier molecular flexibility index (Phi) is 4.84. The van der Waals surface area contributed by atoms with E-state index in [9.17, 15) is 13.9 Å². The van der Waals surface area contributed by atoms with E-state index in [-0.39, 0.29) is 17.5 Å². The van der Waals surface area contributed by atoms with Crippen molar-refractivity contribution < 1.29 is 18.6 Å². The molecule has 0 amide bonds. The predicted molar refractivity (Wildman–Crippen MR) is 79.8 cm³/mol. The first-order valence-corrected chi connectivity index (χ1v) is 7.12. The molecule has 25 heavy (non-hydrogen) atoms. The fourth-order valence-corrected chi connectivity index (χ4v) is 2.25. The van der Waals surface area contributed by atoms with Gasteiger partial charge in [0.2, 0.25) is 0 Å². The lowest BCUT2D eigenvalue weighted by molar-refractivity contribution is -0.0152. The normalized spacial score (nSPS) is 13.6. The van der Waals surface area contributed by atoms with Crippen LogP contribution in [0.3, 0.4) is 0 Å². The molecule has 0 aromatic carbocycles. The zero-order chi connectivity index (χ0) is 17.8. The summed E-state index contributed by atoms with van der Waals surface area (Å²) in [7, 11) is 1.46. The van der Waals surface area contributed by atoms with Gasteiger partial charge < -0.3 is 9.84 Å². The maximum absolute atomic E-state index is 13.0. The number of H-pyrrole nitrogens is 1. The van der Waals surface area contributed by atoms with Crippen LogP contribution in [0.5, 0.6) is 6.01 Å². The minimum absolute atomic E-state index is 0.000769. The number of alkyl halides is 2. The summed E-state index contributed by atoms with van der Waals surface area (Å²) in [6.45, 7) is 0. The highest BCUT2D eigenvalue weighted by Gasteiger charge is 2.34. The van der Waals surface area contributed by atoms with Gasteiger partial charge in [-0.05, 0) is 16.5 Å². The number of nitrogens with one attached hydrogen (secondary N) is 1. The number of aliphatic hydroxyl groups is 1. The van der Waals surface area contributed by atoms with Crippen molar-refractivity contribution in [1.29, 1.82) is 0 Å². The number of methoxy groups -OCH3 is 1. The summed E-state index contributed by atoms with van der Waals surface area (Å²) >= 11 is 0. The van der Waals surface area contributed by atoms with Crippen LogP contribution in [-0.2, 0) is 0 Å². The Hall–Kier alpha value is -3.08. The summed E-state index contributed by atoms with van der Waals surface area (Å²) in [5.74, 6) is -1.18. The predicted octanol–water partition coefficient (Wildman–Crippen LogP) is 0.818. The lowest BCUT2D eigenvalue weighted by atomic mass is 9.96. The van der Waals surface area contributed by atoms with Gasteiger partial charge in [0.25, 0.3) is 6.43 Å². The van der Waals surface area contributed by atoms with Crippen LogP contribution >= 0.6 is 0 Å². The number of ether oxygens (including phenoxy) is 1. The van der Waals surface area contributed by atoms with Crippen LogP contribution in [-0.4, -0.2) is 60.3 Å². The number of aromatic nitrogens is 7. The van der Waals surface area contributed by atoms with Crippen molar-refractivity contribution in [3.05, 3.63) is 42.2 Å². The van der Waals surface area contributed by atoms with Gasteiger partial charge in [0.1, 0.15) is 6.10 Å². The van der Waals surface area contributed by atoms with E-state index in [1.807, 2.05) is 0 Å². The highest BCUT2D eigenvalue weighted by molar-refractivity contribution is 5.60. The van der Waals surface area contributed by atoms with Gasteiger partial charge >= 0.3 is 6.01 Å². The van der Waals surface area contributed by atoms with E-state index in [0.29, 0.717) is 11.1 Å². The summed E-state index contributed by atoms with van der Waals surface area (Å²) < 4.78 is 30.9. The Bertz CT molecular complexity index is 797. The van der Waals surface area contributed by atoms with E-state index >= 15 is 0 Å². The van der Waals surface area contributed by atoms with Crippen molar-refractivity contribution in [3.63, 3.8) is 0 Å². The summed E-state index contributed by atoms with van der Waals surface area (Å²) in [5, 5.41) is 22.5. The summed E-state index contributed by atoms with van der Waals surface area (Å²) in [6, 6.07) is 3.40. The van der Waals surface area contributed by atoms with Gasteiger partial charge in [0.15, 0.2) is 5.82 Å². The van der Waals surface area contributed by atoms with Crippen molar-refractivity contribution in [2.24, 2.45) is 0 Å². The number of hydrogen-bond acceptors (Lipinski definition) is 8. The molecule has 0 radical (unpaired) electrons. The molecule has 0 aliphatic heterocycles. The van der Waals surface area contributed by atoms with Crippen LogP contribution < -0.4 is 4.74 Å². The molecule has 0 bridgehead atoms. The number of halogens is 2. The smallest absolute Gasteiger partial charge is 0.316 e. The van der Waals surface area contributed by atoms with Crippen molar-refractivity contribution in [2.75, 3.05) is 7.11 Å². The van der Waals surface area contributed by atoms with Gasteiger partial charge in [0.05, 0.1) is 18.7 Å².